The maximum absolute atomic E-state index is 13.0. The van der Waals surface area contributed by atoms with Crippen LogP contribution in [0, 0.1) is 0 Å². The third-order valence-corrected chi connectivity index (χ3v) is 4.66. The van der Waals surface area contributed by atoms with E-state index in [1.54, 1.807) is 41.3 Å². The number of hydrogen-bond acceptors (Lipinski definition) is 4. The molecule has 3 rings (SSSR count). The zero-order chi connectivity index (χ0) is 19.9. The van der Waals surface area contributed by atoms with E-state index in [0.717, 1.165) is 19.3 Å². The van der Waals surface area contributed by atoms with Gasteiger partial charge in [-0.1, -0.05) is 30.3 Å². The fourth-order valence-electron chi connectivity index (χ4n) is 3.24. The number of esters is 1. The van der Waals surface area contributed by atoms with Crippen molar-refractivity contribution in [3.63, 3.8) is 0 Å². The molecule has 1 heterocycles. The zero-order valence-electron chi connectivity index (χ0n) is 15.9. The fourth-order valence-corrected chi connectivity index (χ4v) is 3.24. The molecule has 0 bridgehead atoms. The molecule has 0 spiro atoms. The Kier molecular flexibility index (Phi) is 6.42. The van der Waals surface area contributed by atoms with E-state index in [0.29, 0.717) is 29.9 Å². The summed E-state index contributed by atoms with van der Waals surface area (Å²) in [6.07, 6.45) is 2.07. The van der Waals surface area contributed by atoms with Gasteiger partial charge in [-0.15, -0.1) is 0 Å². The van der Waals surface area contributed by atoms with Gasteiger partial charge in [0.05, 0.1) is 5.56 Å². The number of likely N-dealkylation sites (tertiary alicyclic amines) is 1. The van der Waals surface area contributed by atoms with E-state index in [9.17, 15) is 14.4 Å². The largest absolute Gasteiger partial charge is 0.444 e. The number of ether oxygens (including phenoxy) is 1. The Morgan fingerprint density at radius 3 is 2.18 bits per heavy atom. The molecule has 28 heavy (non-hydrogen) atoms. The molecule has 1 atom stereocenters. The SMILES string of the molecule is CC(=O)Nc1ccc(C(=O)O[C@@H](C(=O)N2CCCCC2)c2ccccc2)cc1. The van der Waals surface area contributed by atoms with E-state index < -0.39 is 12.1 Å². The van der Waals surface area contributed by atoms with Crippen LogP contribution in [0.25, 0.3) is 0 Å². The minimum Gasteiger partial charge on any atom is -0.444 e. The van der Waals surface area contributed by atoms with Crippen LogP contribution in [0.2, 0.25) is 0 Å². The molecule has 1 N–H and O–H groups in total. The number of carbonyl (C=O) groups excluding carboxylic acids is 3. The number of piperidine rings is 1. The molecule has 6 heteroatoms. The van der Waals surface area contributed by atoms with E-state index in [4.69, 9.17) is 4.74 Å². The molecule has 1 saturated heterocycles. The van der Waals surface area contributed by atoms with Crippen LogP contribution in [0.4, 0.5) is 5.69 Å². The highest BCUT2D eigenvalue weighted by Gasteiger charge is 2.30. The number of anilines is 1. The molecule has 1 aliphatic heterocycles. The molecule has 0 radical (unpaired) electrons. The molecule has 2 aromatic rings. The number of hydrogen-bond donors (Lipinski definition) is 1. The lowest BCUT2D eigenvalue weighted by atomic mass is 10.1. The molecule has 1 fully saturated rings. The number of amides is 2. The highest BCUT2D eigenvalue weighted by Crippen LogP contribution is 2.24. The van der Waals surface area contributed by atoms with Gasteiger partial charge in [0.1, 0.15) is 0 Å². The Labute approximate surface area is 164 Å². The summed E-state index contributed by atoms with van der Waals surface area (Å²) in [6, 6.07) is 15.5. The molecule has 2 aromatic carbocycles. The van der Waals surface area contributed by atoms with Gasteiger partial charge in [-0.05, 0) is 43.5 Å². The standard InChI is InChI=1S/C22H24N2O4/c1-16(25)23-19-12-10-18(11-13-19)22(27)28-20(17-8-4-2-5-9-17)21(26)24-14-6-3-7-15-24/h2,4-5,8-13,20H,3,6-7,14-15H2,1H3,(H,23,25)/t20-/m1/s1. The molecular weight excluding hydrogens is 356 g/mol. The van der Waals surface area contributed by atoms with Gasteiger partial charge < -0.3 is 15.0 Å². The van der Waals surface area contributed by atoms with E-state index >= 15 is 0 Å². The normalized spacial score (nSPS) is 14.8. The Hall–Kier alpha value is -3.15. The number of rotatable bonds is 5. The number of nitrogens with one attached hydrogen (secondary N) is 1. The van der Waals surface area contributed by atoms with Gasteiger partial charge in [0.25, 0.3) is 5.91 Å². The van der Waals surface area contributed by atoms with Gasteiger partial charge in [0, 0.05) is 31.3 Å². The van der Waals surface area contributed by atoms with Crippen LogP contribution >= 0.6 is 0 Å². The molecule has 0 aromatic heterocycles. The van der Waals surface area contributed by atoms with Gasteiger partial charge >= 0.3 is 5.97 Å². The van der Waals surface area contributed by atoms with Crippen molar-refractivity contribution in [3.8, 4) is 0 Å². The molecule has 0 unspecified atom stereocenters. The Morgan fingerprint density at radius 2 is 1.57 bits per heavy atom. The monoisotopic (exact) mass is 380 g/mol. The second-order valence-corrected chi connectivity index (χ2v) is 6.84. The summed E-state index contributed by atoms with van der Waals surface area (Å²) in [7, 11) is 0. The lowest BCUT2D eigenvalue weighted by molar-refractivity contribution is -0.142. The van der Waals surface area contributed by atoms with Crippen molar-refractivity contribution in [2.45, 2.75) is 32.3 Å². The summed E-state index contributed by atoms with van der Waals surface area (Å²) in [6.45, 7) is 2.79. The van der Waals surface area contributed by atoms with Crippen LogP contribution in [-0.2, 0) is 14.3 Å². The highest BCUT2D eigenvalue weighted by molar-refractivity contribution is 5.94. The van der Waals surface area contributed by atoms with Crippen LogP contribution in [0.15, 0.2) is 54.6 Å². The lowest BCUT2D eigenvalue weighted by Crippen LogP contribution is -2.40. The smallest absolute Gasteiger partial charge is 0.339 e. The molecule has 146 valence electrons. The quantitative estimate of drug-likeness (QED) is 0.805. The predicted molar refractivity (Wildman–Crippen MR) is 106 cm³/mol. The van der Waals surface area contributed by atoms with Crippen molar-refractivity contribution in [3.05, 3.63) is 65.7 Å². The second-order valence-electron chi connectivity index (χ2n) is 6.84. The first-order chi connectivity index (χ1) is 13.5. The van der Waals surface area contributed by atoms with Gasteiger partial charge in [0.2, 0.25) is 12.0 Å². The number of nitrogens with zero attached hydrogens (tertiary/aromatic N) is 1. The van der Waals surface area contributed by atoms with Gasteiger partial charge in [-0.2, -0.15) is 0 Å². The van der Waals surface area contributed by atoms with Gasteiger partial charge in [-0.3, -0.25) is 9.59 Å². The van der Waals surface area contributed by atoms with E-state index in [1.807, 2.05) is 18.2 Å². The molecule has 1 aliphatic rings. The molecular formula is C22H24N2O4. The van der Waals surface area contributed by atoms with Crippen molar-refractivity contribution in [2.75, 3.05) is 18.4 Å². The van der Waals surface area contributed by atoms with Crippen molar-refractivity contribution in [1.82, 2.24) is 4.90 Å². The molecule has 6 nitrogen and oxygen atoms in total. The Morgan fingerprint density at radius 1 is 0.929 bits per heavy atom. The third-order valence-electron chi connectivity index (χ3n) is 4.66. The second kappa shape index (κ2) is 9.17. The minimum atomic E-state index is -0.971. The van der Waals surface area contributed by atoms with E-state index in [-0.39, 0.29) is 11.8 Å². The third kappa shape index (κ3) is 4.97. The van der Waals surface area contributed by atoms with Crippen molar-refractivity contribution < 1.29 is 19.1 Å². The topological polar surface area (TPSA) is 75.7 Å². The van der Waals surface area contributed by atoms with Gasteiger partial charge in [-0.25, -0.2) is 4.79 Å². The average molecular weight is 380 g/mol. The summed E-state index contributed by atoms with van der Waals surface area (Å²) >= 11 is 0. The number of carbonyl (C=O) groups is 3. The average Bonchev–Trinajstić information content (AvgIpc) is 2.73. The Bertz CT molecular complexity index is 827. The number of benzene rings is 2. The Balaban J connectivity index is 1.77. The fraction of sp³-hybridized carbons (Fsp3) is 0.318. The molecule has 0 saturated carbocycles. The minimum absolute atomic E-state index is 0.186. The van der Waals surface area contributed by atoms with Crippen molar-refractivity contribution >= 4 is 23.5 Å². The van der Waals surface area contributed by atoms with E-state index in [2.05, 4.69) is 5.32 Å². The van der Waals surface area contributed by atoms with E-state index in [1.165, 1.54) is 6.92 Å². The first kappa shape index (κ1) is 19.6. The summed E-state index contributed by atoms with van der Waals surface area (Å²) in [5.41, 5.74) is 1.57. The maximum Gasteiger partial charge on any atom is 0.339 e. The lowest BCUT2D eigenvalue weighted by Gasteiger charge is -2.30. The predicted octanol–water partition coefficient (Wildman–Crippen LogP) is 3.56. The molecule has 0 aliphatic carbocycles. The summed E-state index contributed by atoms with van der Waals surface area (Å²) in [5.74, 6) is -0.950. The van der Waals surface area contributed by atoms with Crippen molar-refractivity contribution in [1.29, 1.82) is 0 Å². The maximum atomic E-state index is 13.0. The summed E-state index contributed by atoms with van der Waals surface area (Å²) in [4.78, 5) is 38.6. The summed E-state index contributed by atoms with van der Waals surface area (Å²) in [5, 5.41) is 2.65. The first-order valence-electron chi connectivity index (χ1n) is 9.47. The molecule has 2 amide bonds. The first-order valence-corrected chi connectivity index (χ1v) is 9.47. The van der Waals surface area contributed by atoms with Crippen LogP contribution in [0.1, 0.15) is 48.2 Å². The van der Waals surface area contributed by atoms with Crippen LogP contribution in [0.3, 0.4) is 0 Å². The summed E-state index contributed by atoms with van der Waals surface area (Å²) < 4.78 is 5.64. The zero-order valence-corrected chi connectivity index (χ0v) is 15.9. The van der Waals surface area contributed by atoms with Crippen LogP contribution in [-0.4, -0.2) is 35.8 Å². The van der Waals surface area contributed by atoms with Crippen molar-refractivity contribution in [2.24, 2.45) is 0 Å². The highest BCUT2D eigenvalue weighted by atomic mass is 16.5. The van der Waals surface area contributed by atoms with Crippen LogP contribution in [0.5, 0.6) is 0 Å². The van der Waals surface area contributed by atoms with Crippen LogP contribution < -0.4 is 5.32 Å². The van der Waals surface area contributed by atoms with Gasteiger partial charge in [0.15, 0.2) is 0 Å².